The van der Waals surface area contributed by atoms with Crippen molar-refractivity contribution in [2.24, 2.45) is 0 Å². The van der Waals surface area contributed by atoms with Gasteiger partial charge >= 0.3 is 0 Å². The van der Waals surface area contributed by atoms with Crippen LogP contribution in [-0.2, 0) is 11.2 Å². The second kappa shape index (κ2) is 3.63. The number of anilines is 2. The smallest absolute Gasteiger partial charge is 0.228 e. The monoisotopic (exact) mass is 224 g/mol. The highest BCUT2D eigenvalue weighted by Gasteiger charge is 2.21. The highest BCUT2D eigenvalue weighted by Crippen LogP contribution is 2.35. The number of para-hydroxylation sites is 1. The van der Waals surface area contributed by atoms with Crippen molar-refractivity contribution < 1.29 is 4.79 Å². The zero-order valence-corrected chi connectivity index (χ0v) is 9.23. The third-order valence-electron chi connectivity index (χ3n) is 3.04. The number of benzene rings is 2. The molecule has 0 radical (unpaired) electrons. The van der Waals surface area contributed by atoms with Crippen molar-refractivity contribution in [3.05, 3.63) is 48.0 Å². The molecular formula is C14H12N2O. The van der Waals surface area contributed by atoms with E-state index in [0.29, 0.717) is 6.42 Å². The minimum atomic E-state index is 0.0435. The highest BCUT2D eigenvalue weighted by molar-refractivity contribution is 6.02. The number of amides is 1. The third-order valence-corrected chi connectivity index (χ3v) is 3.04. The first-order valence-corrected chi connectivity index (χ1v) is 5.52. The molecule has 0 aliphatic carbocycles. The Labute approximate surface area is 99.3 Å². The van der Waals surface area contributed by atoms with E-state index in [4.69, 9.17) is 5.73 Å². The minimum absolute atomic E-state index is 0.0435. The summed E-state index contributed by atoms with van der Waals surface area (Å²) in [5.41, 5.74) is 10.7. The predicted octanol–water partition coefficient (Wildman–Crippen LogP) is 2.43. The predicted molar refractivity (Wildman–Crippen MR) is 68.6 cm³/mol. The number of nitrogens with one attached hydrogen (secondary N) is 1. The molecule has 0 saturated carbocycles. The van der Waals surface area contributed by atoms with E-state index in [2.05, 4.69) is 5.32 Å². The molecule has 0 atom stereocenters. The molecule has 1 aliphatic rings. The summed E-state index contributed by atoms with van der Waals surface area (Å²) in [5, 5.41) is 2.85. The van der Waals surface area contributed by atoms with Crippen molar-refractivity contribution in [3.8, 4) is 11.1 Å². The summed E-state index contributed by atoms with van der Waals surface area (Å²) in [6.07, 6.45) is 0.430. The van der Waals surface area contributed by atoms with Crippen molar-refractivity contribution in [2.75, 3.05) is 11.1 Å². The normalized spacial score (nSPS) is 13.3. The van der Waals surface area contributed by atoms with Gasteiger partial charge in [0.15, 0.2) is 0 Å². The zero-order chi connectivity index (χ0) is 11.8. The Bertz CT molecular complexity index is 605. The number of nitrogens with two attached hydrogens (primary N) is 1. The number of rotatable bonds is 1. The van der Waals surface area contributed by atoms with Crippen LogP contribution < -0.4 is 11.1 Å². The first-order chi connectivity index (χ1) is 8.25. The number of nitrogen functional groups attached to an aromatic ring is 1. The lowest BCUT2D eigenvalue weighted by Crippen LogP contribution is -2.03. The molecule has 1 aliphatic heterocycles. The Balaban J connectivity index is 2.21. The van der Waals surface area contributed by atoms with E-state index in [0.717, 1.165) is 28.1 Å². The second-order valence-corrected chi connectivity index (χ2v) is 4.14. The second-order valence-electron chi connectivity index (χ2n) is 4.14. The van der Waals surface area contributed by atoms with Crippen LogP contribution in [0.1, 0.15) is 5.56 Å². The molecular weight excluding hydrogens is 212 g/mol. The first-order valence-electron chi connectivity index (χ1n) is 5.52. The van der Waals surface area contributed by atoms with Gasteiger partial charge in [-0.25, -0.2) is 0 Å². The van der Waals surface area contributed by atoms with Crippen LogP contribution in [0.3, 0.4) is 0 Å². The van der Waals surface area contributed by atoms with E-state index in [1.54, 1.807) is 0 Å². The standard InChI is InChI=1S/C14H12N2O/c15-12-6-2-1-4-10(12)9-5-3-7-13-11(9)8-14(17)16-13/h1-7H,8,15H2,(H,16,17). The minimum Gasteiger partial charge on any atom is -0.398 e. The van der Waals surface area contributed by atoms with E-state index in [1.165, 1.54) is 0 Å². The largest absolute Gasteiger partial charge is 0.398 e. The molecule has 3 rings (SSSR count). The molecule has 3 heteroatoms. The Morgan fingerprint density at radius 1 is 1.00 bits per heavy atom. The lowest BCUT2D eigenvalue weighted by molar-refractivity contribution is -0.115. The fourth-order valence-corrected chi connectivity index (χ4v) is 2.24. The highest BCUT2D eigenvalue weighted by atomic mass is 16.1. The average molecular weight is 224 g/mol. The van der Waals surface area contributed by atoms with Gasteiger partial charge in [0.1, 0.15) is 0 Å². The number of hydrogen-bond donors (Lipinski definition) is 2. The summed E-state index contributed by atoms with van der Waals surface area (Å²) >= 11 is 0. The molecule has 1 heterocycles. The van der Waals surface area contributed by atoms with Gasteiger partial charge in [-0.1, -0.05) is 30.3 Å². The van der Waals surface area contributed by atoms with Crippen molar-refractivity contribution in [2.45, 2.75) is 6.42 Å². The molecule has 84 valence electrons. The quantitative estimate of drug-likeness (QED) is 0.731. The van der Waals surface area contributed by atoms with E-state index >= 15 is 0 Å². The third kappa shape index (κ3) is 1.56. The molecule has 0 bridgehead atoms. The lowest BCUT2D eigenvalue weighted by Gasteiger charge is -2.09. The number of fused-ring (bicyclic) bond motifs is 1. The van der Waals surface area contributed by atoms with Crippen molar-refractivity contribution >= 4 is 17.3 Å². The maximum Gasteiger partial charge on any atom is 0.228 e. The molecule has 0 spiro atoms. The van der Waals surface area contributed by atoms with Crippen LogP contribution in [0.15, 0.2) is 42.5 Å². The van der Waals surface area contributed by atoms with Gasteiger partial charge in [0.25, 0.3) is 0 Å². The Morgan fingerprint density at radius 3 is 2.59 bits per heavy atom. The van der Waals surface area contributed by atoms with Crippen molar-refractivity contribution in [3.63, 3.8) is 0 Å². The SMILES string of the molecule is Nc1ccccc1-c1cccc2c1CC(=O)N2. The maximum absolute atomic E-state index is 11.4. The van der Waals surface area contributed by atoms with Gasteiger partial charge in [-0.15, -0.1) is 0 Å². The number of hydrogen-bond acceptors (Lipinski definition) is 2. The van der Waals surface area contributed by atoms with E-state index < -0.39 is 0 Å². The number of carbonyl (C=O) groups is 1. The first kappa shape index (κ1) is 9.90. The summed E-state index contributed by atoms with van der Waals surface area (Å²) in [6, 6.07) is 13.6. The van der Waals surface area contributed by atoms with Crippen LogP contribution >= 0.6 is 0 Å². The van der Waals surface area contributed by atoms with Gasteiger partial charge in [0.2, 0.25) is 5.91 Å². The van der Waals surface area contributed by atoms with Crippen LogP contribution in [0.25, 0.3) is 11.1 Å². The topological polar surface area (TPSA) is 55.1 Å². The van der Waals surface area contributed by atoms with E-state index in [9.17, 15) is 4.79 Å². The molecule has 3 nitrogen and oxygen atoms in total. The van der Waals surface area contributed by atoms with Gasteiger partial charge in [-0.3, -0.25) is 4.79 Å². The molecule has 3 N–H and O–H groups in total. The molecule has 1 amide bonds. The van der Waals surface area contributed by atoms with Crippen LogP contribution in [-0.4, -0.2) is 5.91 Å². The van der Waals surface area contributed by atoms with Gasteiger partial charge in [-0.2, -0.15) is 0 Å². The zero-order valence-electron chi connectivity index (χ0n) is 9.23. The van der Waals surface area contributed by atoms with Gasteiger partial charge in [-0.05, 0) is 23.3 Å². The van der Waals surface area contributed by atoms with E-state index in [-0.39, 0.29) is 5.91 Å². The average Bonchev–Trinajstić information content (AvgIpc) is 2.70. The molecule has 2 aromatic carbocycles. The summed E-state index contributed by atoms with van der Waals surface area (Å²) in [4.78, 5) is 11.4. The maximum atomic E-state index is 11.4. The Kier molecular flexibility index (Phi) is 2.11. The van der Waals surface area contributed by atoms with Gasteiger partial charge in [0, 0.05) is 16.9 Å². The molecule has 0 saturated heterocycles. The Hall–Kier alpha value is -2.29. The lowest BCUT2D eigenvalue weighted by atomic mass is 9.97. The molecule has 2 aromatic rings. The van der Waals surface area contributed by atoms with Crippen LogP contribution in [0.5, 0.6) is 0 Å². The Morgan fingerprint density at radius 2 is 1.76 bits per heavy atom. The van der Waals surface area contributed by atoms with Crippen LogP contribution in [0, 0.1) is 0 Å². The van der Waals surface area contributed by atoms with Crippen LogP contribution in [0.2, 0.25) is 0 Å². The number of carbonyl (C=O) groups excluding carboxylic acids is 1. The van der Waals surface area contributed by atoms with Crippen molar-refractivity contribution in [1.29, 1.82) is 0 Å². The van der Waals surface area contributed by atoms with Gasteiger partial charge < -0.3 is 11.1 Å². The molecule has 0 unspecified atom stereocenters. The van der Waals surface area contributed by atoms with Gasteiger partial charge in [0.05, 0.1) is 6.42 Å². The van der Waals surface area contributed by atoms with Crippen LogP contribution in [0.4, 0.5) is 11.4 Å². The summed E-state index contributed by atoms with van der Waals surface area (Å²) < 4.78 is 0. The summed E-state index contributed by atoms with van der Waals surface area (Å²) in [6.45, 7) is 0. The summed E-state index contributed by atoms with van der Waals surface area (Å²) in [7, 11) is 0. The summed E-state index contributed by atoms with van der Waals surface area (Å²) in [5.74, 6) is 0.0435. The van der Waals surface area contributed by atoms with Crippen molar-refractivity contribution in [1.82, 2.24) is 0 Å². The fraction of sp³-hybridized carbons (Fsp3) is 0.0714. The fourth-order valence-electron chi connectivity index (χ4n) is 2.24. The molecule has 0 aromatic heterocycles. The molecule has 0 fully saturated rings. The van der Waals surface area contributed by atoms with E-state index in [1.807, 2.05) is 42.5 Å². The molecule has 17 heavy (non-hydrogen) atoms.